The lowest BCUT2D eigenvalue weighted by atomic mass is 9.98. The molecule has 1 N–H and O–H groups in total. The number of esters is 1. The van der Waals surface area contributed by atoms with E-state index in [4.69, 9.17) is 14.2 Å². The van der Waals surface area contributed by atoms with E-state index in [0.717, 1.165) is 36.3 Å². The fourth-order valence-electron chi connectivity index (χ4n) is 3.50. The van der Waals surface area contributed by atoms with Crippen molar-refractivity contribution in [3.63, 3.8) is 0 Å². The second kappa shape index (κ2) is 10.4. The van der Waals surface area contributed by atoms with Crippen LogP contribution in [0.3, 0.4) is 0 Å². The van der Waals surface area contributed by atoms with Crippen LogP contribution in [-0.2, 0) is 14.3 Å². The number of carbonyl (C=O) groups excluding carboxylic acids is 2. The molecular formula is C25H31NO5. The highest BCUT2D eigenvalue weighted by Gasteiger charge is 2.21. The summed E-state index contributed by atoms with van der Waals surface area (Å²) in [6.45, 7) is 8.94. The molecule has 3 rings (SSSR count). The standard InChI is InChI=1S/C25H31NO5/c1-16(2)22-9-5-7-17(3)23(22)26-24(27)18(4)31-25(28)19-10-12-20(13-11-19)30-15-21-8-6-14-29-21/h5,7,9-13,16,18,21H,6,8,14-15H2,1-4H3,(H,26,27)/t18-,21-/m0/s1. The average Bonchev–Trinajstić information content (AvgIpc) is 3.27. The molecule has 2 atom stereocenters. The van der Waals surface area contributed by atoms with Crippen LogP contribution in [0.4, 0.5) is 5.69 Å². The average molecular weight is 426 g/mol. The van der Waals surface area contributed by atoms with Gasteiger partial charge in [-0.25, -0.2) is 4.79 Å². The largest absolute Gasteiger partial charge is 0.491 e. The van der Waals surface area contributed by atoms with Crippen molar-refractivity contribution in [1.82, 2.24) is 0 Å². The summed E-state index contributed by atoms with van der Waals surface area (Å²) in [7, 11) is 0. The number of anilines is 1. The fraction of sp³-hybridized carbons (Fsp3) is 0.440. The van der Waals surface area contributed by atoms with Gasteiger partial charge in [0.2, 0.25) is 0 Å². The number of hydrogen-bond donors (Lipinski definition) is 1. The number of amides is 1. The monoisotopic (exact) mass is 425 g/mol. The maximum Gasteiger partial charge on any atom is 0.338 e. The molecule has 1 saturated heterocycles. The summed E-state index contributed by atoms with van der Waals surface area (Å²) in [6.07, 6.45) is 1.27. The molecule has 1 aliphatic rings. The maximum atomic E-state index is 12.7. The first-order valence-electron chi connectivity index (χ1n) is 10.8. The van der Waals surface area contributed by atoms with Crippen molar-refractivity contribution >= 4 is 17.6 Å². The molecule has 0 unspecified atom stereocenters. The van der Waals surface area contributed by atoms with Gasteiger partial charge in [-0.15, -0.1) is 0 Å². The number of ether oxygens (including phenoxy) is 3. The van der Waals surface area contributed by atoms with Crippen molar-refractivity contribution in [2.24, 2.45) is 0 Å². The van der Waals surface area contributed by atoms with Gasteiger partial charge in [-0.1, -0.05) is 32.0 Å². The minimum absolute atomic E-state index is 0.133. The lowest BCUT2D eigenvalue weighted by molar-refractivity contribution is -0.123. The van der Waals surface area contributed by atoms with Crippen LogP contribution in [0.25, 0.3) is 0 Å². The third-order valence-corrected chi connectivity index (χ3v) is 5.38. The molecule has 0 spiro atoms. The van der Waals surface area contributed by atoms with Crippen molar-refractivity contribution in [3.05, 3.63) is 59.2 Å². The highest BCUT2D eigenvalue weighted by atomic mass is 16.5. The number of para-hydroxylation sites is 1. The van der Waals surface area contributed by atoms with Gasteiger partial charge in [0.1, 0.15) is 12.4 Å². The van der Waals surface area contributed by atoms with Gasteiger partial charge in [0.15, 0.2) is 6.10 Å². The summed E-state index contributed by atoms with van der Waals surface area (Å²) in [5.41, 5.74) is 3.16. The Balaban J connectivity index is 1.55. The van der Waals surface area contributed by atoms with Crippen molar-refractivity contribution < 1.29 is 23.8 Å². The Morgan fingerprint density at radius 2 is 1.87 bits per heavy atom. The predicted molar refractivity (Wildman–Crippen MR) is 120 cm³/mol. The summed E-state index contributed by atoms with van der Waals surface area (Å²) in [5, 5.41) is 2.92. The minimum Gasteiger partial charge on any atom is -0.491 e. The molecule has 2 aromatic carbocycles. The quantitative estimate of drug-likeness (QED) is 0.612. The van der Waals surface area contributed by atoms with Gasteiger partial charge < -0.3 is 19.5 Å². The Morgan fingerprint density at radius 1 is 1.13 bits per heavy atom. The van der Waals surface area contributed by atoms with Crippen molar-refractivity contribution in [2.75, 3.05) is 18.5 Å². The predicted octanol–water partition coefficient (Wildman–Crippen LogP) is 4.86. The molecule has 31 heavy (non-hydrogen) atoms. The van der Waals surface area contributed by atoms with Crippen LogP contribution in [0, 0.1) is 6.92 Å². The summed E-state index contributed by atoms with van der Waals surface area (Å²) in [4.78, 5) is 25.1. The van der Waals surface area contributed by atoms with Crippen LogP contribution < -0.4 is 10.1 Å². The second-order valence-corrected chi connectivity index (χ2v) is 8.20. The van der Waals surface area contributed by atoms with E-state index in [-0.39, 0.29) is 17.9 Å². The smallest absolute Gasteiger partial charge is 0.338 e. The number of aryl methyl sites for hydroxylation is 1. The molecule has 1 heterocycles. The molecule has 0 bridgehead atoms. The van der Waals surface area contributed by atoms with E-state index >= 15 is 0 Å². The van der Waals surface area contributed by atoms with Gasteiger partial charge >= 0.3 is 5.97 Å². The summed E-state index contributed by atoms with van der Waals surface area (Å²) < 4.78 is 16.6. The van der Waals surface area contributed by atoms with Crippen LogP contribution in [0.2, 0.25) is 0 Å². The Bertz CT molecular complexity index is 901. The number of carbonyl (C=O) groups is 2. The number of hydrogen-bond acceptors (Lipinski definition) is 5. The second-order valence-electron chi connectivity index (χ2n) is 8.20. The van der Waals surface area contributed by atoms with Crippen molar-refractivity contribution in [3.8, 4) is 5.75 Å². The number of nitrogens with one attached hydrogen (secondary N) is 1. The van der Waals surface area contributed by atoms with Crippen LogP contribution in [0.5, 0.6) is 5.75 Å². The van der Waals surface area contributed by atoms with E-state index in [1.165, 1.54) is 0 Å². The zero-order valence-corrected chi connectivity index (χ0v) is 18.6. The first kappa shape index (κ1) is 22.8. The summed E-state index contributed by atoms with van der Waals surface area (Å²) >= 11 is 0. The van der Waals surface area contributed by atoms with Crippen LogP contribution in [0.15, 0.2) is 42.5 Å². The van der Waals surface area contributed by atoms with Gasteiger partial charge in [-0.3, -0.25) is 4.79 Å². The van der Waals surface area contributed by atoms with Crippen LogP contribution in [-0.4, -0.2) is 37.3 Å². The highest BCUT2D eigenvalue weighted by molar-refractivity contribution is 5.98. The lowest BCUT2D eigenvalue weighted by Crippen LogP contribution is -2.30. The molecule has 2 aromatic rings. The third kappa shape index (κ3) is 6.07. The van der Waals surface area contributed by atoms with Gasteiger partial charge in [0.25, 0.3) is 5.91 Å². The van der Waals surface area contributed by atoms with Gasteiger partial charge in [0.05, 0.1) is 11.7 Å². The Labute approximate surface area is 183 Å². The Morgan fingerprint density at radius 3 is 2.52 bits per heavy atom. The molecule has 1 aliphatic heterocycles. The first-order valence-corrected chi connectivity index (χ1v) is 10.8. The summed E-state index contributed by atoms with van der Waals surface area (Å²) in [5.74, 6) is 0.0101. The van der Waals surface area contributed by atoms with Gasteiger partial charge in [0, 0.05) is 12.3 Å². The molecule has 0 aromatic heterocycles. The van der Waals surface area contributed by atoms with E-state index in [1.54, 1.807) is 31.2 Å². The molecule has 0 saturated carbocycles. The molecule has 1 amide bonds. The zero-order chi connectivity index (χ0) is 22.4. The van der Waals surface area contributed by atoms with Crippen LogP contribution in [0.1, 0.15) is 61.0 Å². The van der Waals surface area contributed by atoms with E-state index < -0.39 is 12.1 Å². The highest BCUT2D eigenvalue weighted by Crippen LogP contribution is 2.27. The van der Waals surface area contributed by atoms with Gasteiger partial charge in [-0.2, -0.15) is 0 Å². The third-order valence-electron chi connectivity index (χ3n) is 5.38. The number of benzene rings is 2. The van der Waals surface area contributed by atoms with E-state index in [0.29, 0.717) is 17.9 Å². The molecule has 6 nitrogen and oxygen atoms in total. The lowest BCUT2D eigenvalue weighted by Gasteiger charge is -2.19. The SMILES string of the molecule is Cc1cccc(C(C)C)c1NC(=O)[C@H](C)OC(=O)c1ccc(OC[C@@H]2CCCO2)cc1. The number of rotatable bonds is 8. The maximum absolute atomic E-state index is 12.7. The molecule has 0 aliphatic carbocycles. The fourth-order valence-corrected chi connectivity index (χ4v) is 3.50. The summed E-state index contributed by atoms with van der Waals surface area (Å²) in [6, 6.07) is 12.6. The molecule has 0 radical (unpaired) electrons. The molecule has 166 valence electrons. The topological polar surface area (TPSA) is 73.9 Å². The molecule has 1 fully saturated rings. The van der Waals surface area contributed by atoms with Crippen molar-refractivity contribution in [2.45, 2.75) is 58.7 Å². The molecule has 6 heteroatoms. The first-order chi connectivity index (χ1) is 14.8. The van der Waals surface area contributed by atoms with E-state index in [1.807, 2.05) is 25.1 Å². The van der Waals surface area contributed by atoms with Crippen molar-refractivity contribution in [1.29, 1.82) is 0 Å². The zero-order valence-electron chi connectivity index (χ0n) is 18.6. The minimum atomic E-state index is -0.928. The Hall–Kier alpha value is -2.86. The Kier molecular flexibility index (Phi) is 7.69. The van der Waals surface area contributed by atoms with Crippen LogP contribution >= 0.6 is 0 Å². The normalized spacial score (nSPS) is 16.7. The molecular weight excluding hydrogens is 394 g/mol. The van der Waals surface area contributed by atoms with E-state index in [9.17, 15) is 9.59 Å². The van der Waals surface area contributed by atoms with Gasteiger partial charge in [-0.05, 0) is 68.0 Å². The van der Waals surface area contributed by atoms with E-state index in [2.05, 4.69) is 19.2 Å².